The molecule has 2 heterocycles. The van der Waals surface area contributed by atoms with E-state index in [0.717, 1.165) is 5.56 Å². The first-order valence-electron chi connectivity index (χ1n) is 9.89. The predicted octanol–water partition coefficient (Wildman–Crippen LogP) is 2.75. The van der Waals surface area contributed by atoms with Crippen molar-refractivity contribution in [2.24, 2.45) is 0 Å². The largest absolute Gasteiger partial charge is 0.450 e. The molecule has 0 unspecified atom stereocenters. The molecule has 0 atom stereocenters. The van der Waals surface area contributed by atoms with E-state index in [2.05, 4.69) is 26.7 Å². The lowest BCUT2D eigenvalue weighted by Gasteiger charge is -2.31. The summed E-state index contributed by atoms with van der Waals surface area (Å²) in [5, 5.41) is 6.23. The van der Waals surface area contributed by atoms with Gasteiger partial charge in [-0.3, -0.25) is 4.79 Å². The highest BCUT2D eigenvalue weighted by Gasteiger charge is 2.25. The van der Waals surface area contributed by atoms with Gasteiger partial charge in [-0.15, -0.1) is 0 Å². The quantitative estimate of drug-likeness (QED) is 0.778. The van der Waals surface area contributed by atoms with E-state index >= 15 is 0 Å². The molecule has 8 nitrogen and oxygen atoms in total. The van der Waals surface area contributed by atoms with Crippen molar-refractivity contribution in [1.82, 2.24) is 20.2 Å². The summed E-state index contributed by atoms with van der Waals surface area (Å²) in [6, 6.07) is 9.86. The van der Waals surface area contributed by atoms with Crippen molar-refractivity contribution in [3.8, 4) is 0 Å². The Balaban J connectivity index is 1.51. The molecule has 0 spiro atoms. The van der Waals surface area contributed by atoms with Gasteiger partial charge in [0.2, 0.25) is 0 Å². The number of likely N-dealkylation sites (tertiary alicyclic amines) is 1. The van der Waals surface area contributed by atoms with Crippen LogP contribution in [0.3, 0.4) is 0 Å². The summed E-state index contributed by atoms with van der Waals surface area (Å²) >= 11 is 0. The lowest BCUT2D eigenvalue weighted by molar-refractivity contribution is 0.0856. The molecule has 0 saturated carbocycles. The van der Waals surface area contributed by atoms with Gasteiger partial charge in [0.1, 0.15) is 17.8 Å². The SMILES string of the molecule is CCOC(=O)N1CCC(NC(=O)c2cc(NCc3cccc(C)c3)ncn2)CC1. The fourth-order valence-corrected chi connectivity index (χ4v) is 3.27. The number of nitrogens with zero attached hydrogens (tertiary/aromatic N) is 3. The smallest absolute Gasteiger partial charge is 0.409 e. The normalized spacial score (nSPS) is 14.3. The number of ether oxygens (including phenoxy) is 1. The maximum Gasteiger partial charge on any atom is 0.409 e. The second-order valence-corrected chi connectivity index (χ2v) is 7.06. The first kappa shape index (κ1) is 20.6. The van der Waals surface area contributed by atoms with Crippen molar-refractivity contribution in [2.75, 3.05) is 25.0 Å². The van der Waals surface area contributed by atoms with Crippen molar-refractivity contribution in [2.45, 2.75) is 39.3 Å². The predicted molar refractivity (Wildman–Crippen MR) is 110 cm³/mol. The highest BCUT2D eigenvalue weighted by molar-refractivity contribution is 5.93. The van der Waals surface area contributed by atoms with Crippen molar-refractivity contribution < 1.29 is 14.3 Å². The van der Waals surface area contributed by atoms with Gasteiger partial charge in [-0.2, -0.15) is 0 Å². The summed E-state index contributed by atoms with van der Waals surface area (Å²) in [5.74, 6) is 0.365. The highest BCUT2D eigenvalue weighted by Crippen LogP contribution is 2.13. The molecule has 0 bridgehead atoms. The Morgan fingerprint density at radius 2 is 2.00 bits per heavy atom. The maximum absolute atomic E-state index is 12.6. The summed E-state index contributed by atoms with van der Waals surface area (Å²) in [5.41, 5.74) is 2.66. The highest BCUT2D eigenvalue weighted by atomic mass is 16.6. The Morgan fingerprint density at radius 3 is 2.72 bits per heavy atom. The Kier molecular flexibility index (Phi) is 6.99. The van der Waals surface area contributed by atoms with Gasteiger partial charge in [-0.05, 0) is 32.3 Å². The van der Waals surface area contributed by atoms with Gasteiger partial charge >= 0.3 is 6.09 Å². The number of nitrogens with one attached hydrogen (secondary N) is 2. The van der Waals surface area contributed by atoms with Gasteiger partial charge in [0, 0.05) is 31.7 Å². The number of carbonyl (C=O) groups is 2. The second-order valence-electron chi connectivity index (χ2n) is 7.06. The molecule has 1 aromatic heterocycles. The number of anilines is 1. The maximum atomic E-state index is 12.6. The summed E-state index contributed by atoms with van der Waals surface area (Å²) in [6.07, 6.45) is 2.47. The third-order valence-electron chi connectivity index (χ3n) is 4.81. The van der Waals surface area contributed by atoms with Crippen LogP contribution in [0, 0.1) is 6.92 Å². The zero-order chi connectivity index (χ0) is 20.6. The number of amides is 2. The molecule has 1 aliphatic heterocycles. The third kappa shape index (κ3) is 5.91. The van der Waals surface area contributed by atoms with Crippen LogP contribution in [0.4, 0.5) is 10.6 Å². The molecule has 0 radical (unpaired) electrons. The molecular weight excluding hydrogens is 370 g/mol. The fraction of sp³-hybridized carbons (Fsp3) is 0.429. The number of piperidine rings is 1. The standard InChI is InChI=1S/C21H27N5O3/c1-3-29-21(28)26-9-7-17(8-10-26)25-20(27)18-12-19(24-14-23-18)22-13-16-6-4-5-15(2)11-16/h4-6,11-12,14,17H,3,7-10,13H2,1-2H3,(H,25,27)(H,22,23,24). The Labute approximate surface area is 170 Å². The molecule has 0 aliphatic carbocycles. The fourth-order valence-electron chi connectivity index (χ4n) is 3.27. The average Bonchev–Trinajstić information content (AvgIpc) is 2.73. The van der Waals surface area contributed by atoms with Crippen LogP contribution in [0.25, 0.3) is 0 Å². The number of aryl methyl sites for hydroxylation is 1. The number of benzene rings is 1. The number of hydrogen-bond acceptors (Lipinski definition) is 6. The molecule has 2 amide bonds. The van der Waals surface area contributed by atoms with Crippen LogP contribution >= 0.6 is 0 Å². The first-order valence-corrected chi connectivity index (χ1v) is 9.89. The second kappa shape index (κ2) is 9.86. The lowest BCUT2D eigenvalue weighted by atomic mass is 10.1. The van der Waals surface area contributed by atoms with Gasteiger partial charge in [0.15, 0.2) is 0 Å². The van der Waals surface area contributed by atoms with Crippen molar-refractivity contribution >= 4 is 17.8 Å². The van der Waals surface area contributed by atoms with E-state index in [0.29, 0.717) is 50.6 Å². The number of hydrogen-bond donors (Lipinski definition) is 2. The van der Waals surface area contributed by atoms with E-state index in [4.69, 9.17) is 4.74 Å². The molecule has 2 aromatic rings. The Hall–Kier alpha value is -3.16. The summed E-state index contributed by atoms with van der Waals surface area (Å²) in [4.78, 5) is 34.3. The van der Waals surface area contributed by atoms with Crippen LogP contribution in [0.1, 0.15) is 41.4 Å². The molecular formula is C21H27N5O3. The molecule has 8 heteroatoms. The van der Waals surface area contributed by atoms with Crippen molar-refractivity contribution in [1.29, 1.82) is 0 Å². The van der Waals surface area contributed by atoms with Gasteiger partial charge < -0.3 is 20.3 Å². The van der Waals surface area contributed by atoms with E-state index in [1.165, 1.54) is 11.9 Å². The van der Waals surface area contributed by atoms with Gasteiger partial charge in [0.05, 0.1) is 6.61 Å². The van der Waals surface area contributed by atoms with Crippen molar-refractivity contribution in [3.05, 3.63) is 53.5 Å². The van der Waals surface area contributed by atoms with Crippen LogP contribution < -0.4 is 10.6 Å². The van der Waals surface area contributed by atoms with Crippen LogP contribution in [-0.4, -0.2) is 52.6 Å². The van der Waals surface area contributed by atoms with Crippen LogP contribution in [0.2, 0.25) is 0 Å². The van der Waals surface area contributed by atoms with Crippen LogP contribution in [0.15, 0.2) is 36.7 Å². The van der Waals surface area contributed by atoms with E-state index in [-0.39, 0.29) is 18.0 Å². The van der Waals surface area contributed by atoms with E-state index in [9.17, 15) is 9.59 Å². The summed E-state index contributed by atoms with van der Waals surface area (Å²) in [6.45, 7) is 5.95. The molecule has 1 aromatic carbocycles. The Bertz CT molecular complexity index is 850. The summed E-state index contributed by atoms with van der Waals surface area (Å²) < 4.78 is 5.02. The average molecular weight is 397 g/mol. The molecule has 154 valence electrons. The topological polar surface area (TPSA) is 96.5 Å². The first-order chi connectivity index (χ1) is 14.0. The van der Waals surface area contributed by atoms with E-state index < -0.39 is 0 Å². The minimum Gasteiger partial charge on any atom is -0.450 e. The number of carbonyl (C=O) groups excluding carboxylic acids is 2. The van der Waals surface area contributed by atoms with Gasteiger partial charge in [-0.1, -0.05) is 29.8 Å². The molecule has 29 heavy (non-hydrogen) atoms. The minimum absolute atomic E-state index is 0.00634. The number of aromatic nitrogens is 2. The lowest BCUT2D eigenvalue weighted by Crippen LogP contribution is -2.46. The Morgan fingerprint density at radius 1 is 1.21 bits per heavy atom. The van der Waals surface area contributed by atoms with Crippen molar-refractivity contribution in [3.63, 3.8) is 0 Å². The monoisotopic (exact) mass is 397 g/mol. The third-order valence-corrected chi connectivity index (χ3v) is 4.81. The van der Waals surface area contributed by atoms with Crippen LogP contribution in [0.5, 0.6) is 0 Å². The molecule has 2 N–H and O–H groups in total. The zero-order valence-electron chi connectivity index (χ0n) is 16.9. The number of rotatable bonds is 6. The van der Waals surface area contributed by atoms with Crippen LogP contribution in [-0.2, 0) is 11.3 Å². The molecule has 1 aliphatic rings. The molecule has 1 saturated heterocycles. The van der Waals surface area contributed by atoms with Gasteiger partial charge in [-0.25, -0.2) is 14.8 Å². The van der Waals surface area contributed by atoms with E-state index in [1.54, 1.807) is 17.9 Å². The zero-order valence-corrected chi connectivity index (χ0v) is 16.9. The molecule has 3 rings (SSSR count). The summed E-state index contributed by atoms with van der Waals surface area (Å²) in [7, 11) is 0. The molecule has 1 fully saturated rings. The minimum atomic E-state index is -0.294. The van der Waals surface area contributed by atoms with E-state index in [1.807, 2.05) is 25.1 Å². The van der Waals surface area contributed by atoms with Gasteiger partial charge in [0.25, 0.3) is 5.91 Å².